The van der Waals surface area contributed by atoms with E-state index in [2.05, 4.69) is 24.3 Å². The van der Waals surface area contributed by atoms with Crippen LogP contribution in [0.1, 0.15) is 40.4 Å². The zero-order chi connectivity index (χ0) is 15.3. The largest absolute Gasteiger partial charge is 0.478 e. The van der Waals surface area contributed by atoms with Gasteiger partial charge < -0.3 is 9.52 Å². The first-order valence-electron chi connectivity index (χ1n) is 7.50. The molecule has 3 heteroatoms. The Hall–Kier alpha value is -2.55. The van der Waals surface area contributed by atoms with E-state index in [0.29, 0.717) is 16.7 Å². The maximum Gasteiger partial charge on any atom is 0.339 e. The van der Waals surface area contributed by atoms with Crippen LogP contribution in [0.3, 0.4) is 0 Å². The average molecular weight is 292 g/mol. The summed E-state index contributed by atoms with van der Waals surface area (Å²) in [6, 6.07) is 14.3. The van der Waals surface area contributed by atoms with Crippen LogP contribution in [0.2, 0.25) is 0 Å². The number of aryl methyl sites for hydroxylation is 1. The summed E-state index contributed by atoms with van der Waals surface area (Å²) in [5.74, 6) is 0.243. The number of benzene rings is 2. The lowest BCUT2D eigenvalue weighted by molar-refractivity contribution is 0.0697. The van der Waals surface area contributed by atoms with Gasteiger partial charge in [-0.3, -0.25) is 0 Å². The molecule has 1 N–H and O–H groups in total. The van der Waals surface area contributed by atoms with Crippen LogP contribution in [0.4, 0.5) is 0 Å². The van der Waals surface area contributed by atoms with Gasteiger partial charge in [-0.15, -0.1) is 0 Å². The second kappa shape index (κ2) is 4.73. The van der Waals surface area contributed by atoms with Crippen molar-refractivity contribution in [2.45, 2.75) is 25.7 Å². The lowest BCUT2D eigenvalue weighted by atomic mass is 10.00. The van der Waals surface area contributed by atoms with E-state index in [4.69, 9.17) is 4.42 Å². The summed E-state index contributed by atoms with van der Waals surface area (Å²) >= 11 is 0. The Bertz CT molecular complexity index is 868. The van der Waals surface area contributed by atoms with Crippen molar-refractivity contribution in [1.82, 2.24) is 0 Å². The highest BCUT2D eigenvalue weighted by molar-refractivity contribution is 6.04. The molecule has 0 amide bonds. The van der Waals surface area contributed by atoms with Gasteiger partial charge in [-0.25, -0.2) is 4.79 Å². The van der Waals surface area contributed by atoms with E-state index in [-0.39, 0.29) is 5.56 Å². The Labute approximate surface area is 128 Å². The maximum absolute atomic E-state index is 11.4. The van der Waals surface area contributed by atoms with E-state index < -0.39 is 5.97 Å². The molecule has 0 aliphatic heterocycles. The zero-order valence-electron chi connectivity index (χ0n) is 12.3. The Morgan fingerprint density at radius 3 is 2.41 bits per heavy atom. The van der Waals surface area contributed by atoms with Crippen LogP contribution in [-0.2, 0) is 0 Å². The van der Waals surface area contributed by atoms with Gasteiger partial charge in [0, 0.05) is 5.39 Å². The molecule has 0 radical (unpaired) electrons. The Balaban J connectivity index is 1.81. The quantitative estimate of drug-likeness (QED) is 0.740. The van der Waals surface area contributed by atoms with E-state index in [1.165, 1.54) is 18.4 Å². The topological polar surface area (TPSA) is 50.4 Å². The molecule has 2 aromatic carbocycles. The van der Waals surface area contributed by atoms with Gasteiger partial charge in [0.05, 0.1) is 0 Å². The van der Waals surface area contributed by atoms with Crippen molar-refractivity contribution in [1.29, 1.82) is 0 Å². The number of carboxylic acid groups (broad SMARTS) is 1. The van der Waals surface area contributed by atoms with Gasteiger partial charge >= 0.3 is 5.97 Å². The number of furan rings is 1. The van der Waals surface area contributed by atoms with Crippen molar-refractivity contribution in [3.8, 4) is 11.1 Å². The molecule has 4 rings (SSSR count). The number of hydrogen-bond donors (Lipinski definition) is 1. The summed E-state index contributed by atoms with van der Waals surface area (Å²) in [6.45, 7) is 1.69. The van der Waals surface area contributed by atoms with Gasteiger partial charge in [-0.1, -0.05) is 30.3 Å². The van der Waals surface area contributed by atoms with Crippen LogP contribution < -0.4 is 0 Å². The number of rotatable bonds is 3. The smallest absolute Gasteiger partial charge is 0.339 e. The summed E-state index contributed by atoms with van der Waals surface area (Å²) < 4.78 is 5.53. The Morgan fingerprint density at radius 1 is 1.09 bits per heavy atom. The van der Waals surface area contributed by atoms with Gasteiger partial charge in [-0.2, -0.15) is 0 Å². The average Bonchev–Trinajstić information content (AvgIpc) is 3.29. The summed E-state index contributed by atoms with van der Waals surface area (Å²) in [7, 11) is 0. The summed E-state index contributed by atoms with van der Waals surface area (Å²) in [4.78, 5) is 11.4. The molecule has 1 fully saturated rings. The molecule has 1 saturated carbocycles. The highest BCUT2D eigenvalue weighted by Gasteiger charge is 2.23. The fourth-order valence-corrected chi connectivity index (χ4v) is 3.03. The minimum atomic E-state index is -0.947. The molecule has 22 heavy (non-hydrogen) atoms. The standard InChI is InChI=1S/C19H16O3/c1-11-18(19(20)21)16-10-15(8-9-17(16)22-11)14-6-4-13(5-7-14)12-2-3-12/h4-10,12H,2-3H2,1H3,(H,20,21). The second-order valence-corrected chi connectivity index (χ2v) is 5.95. The van der Waals surface area contributed by atoms with Gasteiger partial charge in [0.25, 0.3) is 0 Å². The third-order valence-electron chi connectivity index (χ3n) is 4.37. The number of carboxylic acids is 1. The van der Waals surface area contributed by atoms with E-state index in [1.807, 2.05) is 18.2 Å². The lowest BCUT2D eigenvalue weighted by Crippen LogP contribution is -1.96. The molecule has 1 heterocycles. The van der Waals surface area contributed by atoms with Gasteiger partial charge in [0.15, 0.2) is 0 Å². The van der Waals surface area contributed by atoms with E-state index >= 15 is 0 Å². The fraction of sp³-hybridized carbons (Fsp3) is 0.211. The molecule has 1 aromatic heterocycles. The molecule has 110 valence electrons. The van der Waals surface area contributed by atoms with Crippen molar-refractivity contribution in [2.75, 3.05) is 0 Å². The molecule has 0 unspecified atom stereocenters. The van der Waals surface area contributed by atoms with Gasteiger partial charge in [-0.05, 0) is 54.5 Å². The first-order chi connectivity index (χ1) is 10.6. The van der Waals surface area contributed by atoms with E-state index in [0.717, 1.165) is 17.0 Å². The highest BCUT2D eigenvalue weighted by Crippen LogP contribution is 2.40. The molecular weight excluding hydrogens is 276 g/mol. The van der Waals surface area contributed by atoms with Crippen LogP contribution in [-0.4, -0.2) is 11.1 Å². The van der Waals surface area contributed by atoms with Crippen molar-refractivity contribution in [3.63, 3.8) is 0 Å². The van der Waals surface area contributed by atoms with Crippen LogP contribution >= 0.6 is 0 Å². The number of hydrogen-bond acceptors (Lipinski definition) is 2. The molecule has 0 spiro atoms. The van der Waals surface area contributed by atoms with Crippen LogP contribution in [0, 0.1) is 6.92 Å². The van der Waals surface area contributed by atoms with Crippen molar-refractivity contribution in [2.24, 2.45) is 0 Å². The number of aromatic carboxylic acids is 1. The van der Waals surface area contributed by atoms with Crippen molar-refractivity contribution >= 4 is 16.9 Å². The van der Waals surface area contributed by atoms with Crippen LogP contribution in [0.5, 0.6) is 0 Å². The van der Waals surface area contributed by atoms with Gasteiger partial charge in [0.2, 0.25) is 0 Å². The Kier molecular flexibility index (Phi) is 2.83. The zero-order valence-corrected chi connectivity index (χ0v) is 12.3. The summed E-state index contributed by atoms with van der Waals surface area (Å²) in [5, 5.41) is 10.0. The van der Waals surface area contributed by atoms with Crippen LogP contribution in [0.15, 0.2) is 46.9 Å². The monoisotopic (exact) mass is 292 g/mol. The highest BCUT2D eigenvalue weighted by atomic mass is 16.4. The third-order valence-corrected chi connectivity index (χ3v) is 4.37. The minimum Gasteiger partial charge on any atom is -0.478 e. The third kappa shape index (κ3) is 2.10. The molecule has 0 bridgehead atoms. The number of fused-ring (bicyclic) bond motifs is 1. The second-order valence-electron chi connectivity index (χ2n) is 5.95. The predicted octanol–water partition coefficient (Wildman–Crippen LogP) is 4.98. The first-order valence-corrected chi connectivity index (χ1v) is 7.50. The summed E-state index contributed by atoms with van der Waals surface area (Å²) in [6.07, 6.45) is 2.59. The SMILES string of the molecule is Cc1oc2ccc(-c3ccc(C4CC4)cc3)cc2c1C(=O)O. The predicted molar refractivity (Wildman–Crippen MR) is 85.3 cm³/mol. The molecule has 0 atom stereocenters. The fourth-order valence-electron chi connectivity index (χ4n) is 3.03. The molecule has 1 aliphatic carbocycles. The van der Waals surface area contributed by atoms with Gasteiger partial charge in [0.1, 0.15) is 16.9 Å². The molecule has 1 aliphatic rings. The van der Waals surface area contributed by atoms with Crippen molar-refractivity contribution < 1.29 is 14.3 Å². The maximum atomic E-state index is 11.4. The first kappa shape index (κ1) is 13.1. The Morgan fingerprint density at radius 2 is 1.77 bits per heavy atom. The van der Waals surface area contributed by atoms with E-state index in [9.17, 15) is 9.90 Å². The van der Waals surface area contributed by atoms with E-state index in [1.54, 1.807) is 6.92 Å². The summed E-state index contributed by atoms with van der Waals surface area (Å²) in [5.41, 5.74) is 4.38. The minimum absolute atomic E-state index is 0.256. The normalized spacial score (nSPS) is 14.4. The van der Waals surface area contributed by atoms with Crippen molar-refractivity contribution in [3.05, 3.63) is 59.4 Å². The molecule has 3 aromatic rings. The molecular formula is C19H16O3. The lowest BCUT2D eigenvalue weighted by Gasteiger charge is -2.04. The molecule has 3 nitrogen and oxygen atoms in total. The van der Waals surface area contributed by atoms with Crippen LogP contribution in [0.25, 0.3) is 22.1 Å². The molecule has 0 saturated heterocycles. The number of carbonyl (C=O) groups is 1.